The van der Waals surface area contributed by atoms with E-state index in [1.807, 2.05) is 30.3 Å². The highest BCUT2D eigenvalue weighted by atomic mass is 16.2. The Morgan fingerprint density at radius 1 is 1.18 bits per heavy atom. The molecule has 2 aliphatic rings. The van der Waals surface area contributed by atoms with E-state index >= 15 is 0 Å². The van der Waals surface area contributed by atoms with Gasteiger partial charge in [0.25, 0.3) is 0 Å². The molecule has 4 rings (SSSR count). The summed E-state index contributed by atoms with van der Waals surface area (Å²) < 4.78 is 0. The van der Waals surface area contributed by atoms with Gasteiger partial charge in [-0.2, -0.15) is 5.10 Å². The van der Waals surface area contributed by atoms with Crippen LogP contribution in [0.4, 0.5) is 5.69 Å². The maximum absolute atomic E-state index is 12.4. The lowest BCUT2D eigenvalue weighted by atomic mass is 9.92. The largest absolute Gasteiger partial charge is 0.326 e. The number of hydrogen-bond donors (Lipinski definition) is 3. The van der Waals surface area contributed by atoms with E-state index in [4.69, 9.17) is 0 Å². The Balaban J connectivity index is 1.40. The van der Waals surface area contributed by atoms with Crippen LogP contribution < -0.4 is 10.6 Å². The van der Waals surface area contributed by atoms with Gasteiger partial charge in [-0.15, -0.1) is 0 Å². The number of carbonyl (C=O) groups excluding carboxylic acids is 1. The number of anilines is 1. The molecule has 1 saturated carbocycles. The molecule has 2 heterocycles. The van der Waals surface area contributed by atoms with Crippen LogP contribution in [0.5, 0.6) is 0 Å². The van der Waals surface area contributed by atoms with Gasteiger partial charge in [0, 0.05) is 17.8 Å². The fourth-order valence-electron chi connectivity index (χ4n) is 3.57. The lowest BCUT2D eigenvalue weighted by Gasteiger charge is -2.23. The lowest BCUT2D eigenvalue weighted by Crippen LogP contribution is -2.31. The minimum atomic E-state index is 0.177. The fourth-order valence-corrected chi connectivity index (χ4v) is 3.57. The first-order valence-corrected chi connectivity index (χ1v) is 7.88. The molecule has 0 bridgehead atoms. The highest BCUT2D eigenvalue weighted by molar-refractivity contribution is 5.95. The molecule has 22 heavy (non-hydrogen) atoms. The molecule has 1 spiro atoms. The summed E-state index contributed by atoms with van der Waals surface area (Å²) in [5.74, 6) is 0.373. The van der Waals surface area contributed by atoms with Gasteiger partial charge in [0.15, 0.2) is 0 Å². The Hall–Kier alpha value is -2.14. The fraction of sp³-hybridized carbons (Fsp3) is 0.412. The smallest absolute Gasteiger partial charge is 0.228 e. The van der Waals surface area contributed by atoms with Gasteiger partial charge in [0.2, 0.25) is 5.91 Å². The third-order valence-electron chi connectivity index (χ3n) is 5.07. The van der Waals surface area contributed by atoms with E-state index in [1.54, 1.807) is 6.20 Å². The van der Waals surface area contributed by atoms with Crippen LogP contribution in [0.15, 0.2) is 36.5 Å². The van der Waals surface area contributed by atoms with Crippen molar-refractivity contribution >= 4 is 11.6 Å². The number of H-pyrrole nitrogens is 1. The molecule has 1 aliphatic carbocycles. The Morgan fingerprint density at radius 3 is 2.64 bits per heavy atom. The highest BCUT2D eigenvalue weighted by Gasteiger charge is 2.57. The molecule has 1 amide bonds. The molecule has 114 valence electrons. The molecule has 1 unspecified atom stereocenters. The van der Waals surface area contributed by atoms with Crippen LogP contribution in [0.1, 0.15) is 19.3 Å². The summed E-state index contributed by atoms with van der Waals surface area (Å²) in [6.45, 7) is 2.09. The zero-order chi connectivity index (χ0) is 15.0. The molecule has 0 radical (unpaired) electrons. The van der Waals surface area contributed by atoms with Crippen molar-refractivity contribution in [3.8, 4) is 11.3 Å². The molecule has 2 fully saturated rings. The van der Waals surface area contributed by atoms with Crippen LogP contribution in [-0.4, -0.2) is 29.2 Å². The van der Waals surface area contributed by atoms with Crippen LogP contribution in [0.2, 0.25) is 0 Å². The SMILES string of the molecule is O=C(Nc1ccc(-c2ccn[nH]2)cc1)C1CC12CCNCC2. The number of nitrogens with one attached hydrogen (secondary N) is 3. The maximum atomic E-state index is 12.4. The van der Waals surface area contributed by atoms with Crippen LogP contribution in [-0.2, 0) is 4.79 Å². The lowest BCUT2D eigenvalue weighted by molar-refractivity contribution is -0.118. The minimum Gasteiger partial charge on any atom is -0.326 e. The number of piperidine rings is 1. The number of carbonyl (C=O) groups is 1. The Labute approximate surface area is 129 Å². The average Bonchev–Trinajstić information content (AvgIpc) is 3.00. The second kappa shape index (κ2) is 5.25. The number of rotatable bonds is 3. The molecule has 1 aromatic heterocycles. The first-order chi connectivity index (χ1) is 10.8. The molecule has 1 aliphatic heterocycles. The van der Waals surface area contributed by atoms with E-state index in [0.29, 0.717) is 0 Å². The second-order valence-electron chi connectivity index (χ2n) is 6.41. The molecular formula is C17H20N4O. The summed E-state index contributed by atoms with van der Waals surface area (Å²) in [5, 5.41) is 13.3. The summed E-state index contributed by atoms with van der Waals surface area (Å²) in [4.78, 5) is 12.4. The predicted molar refractivity (Wildman–Crippen MR) is 85.3 cm³/mol. The van der Waals surface area contributed by atoms with Crippen LogP contribution in [0, 0.1) is 11.3 Å². The summed E-state index contributed by atoms with van der Waals surface area (Å²) >= 11 is 0. The van der Waals surface area contributed by atoms with Gasteiger partial charge in [-0.05, 0) is 61.5 Å². The zero-order valence-corrected chi connectivity index (χ0v) is 12.4. The van der Waals surface area contributed by atoms with Crippen molar-refractivity contribution in [1.82, 2.24) is 15.5 Å². The van der Waals surface area contributed by atoms with Gasteiger partial charge >= 0.3 is 0 Å². The first kappa shape index (κ1) is 13.5. The summed E-state index contributed by atoms with van der Waals surface area (Å²) in [5.41, 5.74) is 3.19. The van der Waals surface area contributed by atoms with E-state index in [0.717, 1.165) is 49.3 Å². The topological polar surface area (TPSA) is 69.8 Å². The van der Waals surface area contributed by atoms with Gasteiger partial charge in [-0.25, -0.2) is 0 Å². The number of amides is 1. The van der Waals surface area contributed by atoms with Gasteiger partial charge in [-0.1, -0.05) is 12.1 Å². The molecule has 3 N–H and O–H groups in total. The first-order valence-electron chi connectivity index (χ1n) is 7.88. The molecule has 5 heteroatoms. The Morgan fingerprint density at radius 2 is 1.95 bits per heavy atom. The van der Waals surface area contributed by atoms with Crippen molar-refractivity contribution in [2.75, 3.05) is 18.4 Å². The summed E-state index contributed by atoms with van der Waals surface area (Å²) in [6.07, 6.45) is 5.04. The van der Waals surface area contributed by atoms with E-state index in [9.17, 15) is 4.79 Å². The number of nitrogens with zero attached hydrogens (tertiary/aromatic N) is 1. The molecule has 5 nitrogen and oxygen atoms in total. The quantitative estimate of drug-likeness (QED) is 0.814. The number of hydrogen-bond acceptors (Lipinski definition) is 3. The third-order valence-corrected chi connectivity index (χ3v) is 5.07. The number of benzene rings is 1. The number of aromatic amines is 1. The monoisotopic (exact) mass is 296 g/mol. The van der Waals surface area contributed by atoms with E-state index in [2.05, 4.69) is 20.8 Å². The summed E-state index contributed by atoms with van der Waals surface area (Å²) in [6, 6.07) is 9.82. The van der Waals surface area contributed by atoms with Crippen molar-refractivity contribution in [1.29, 1.82) is 0 Å². The van der Waals surface area contributed by atoms with Crippen molar-refractivity contribution in [3.05, 3.63) is 36.5 Å². The van der Waals surface area contributed by atoms with Gasteiger partial charge in [-0.3, -0.25) is 9.89 Å². The second-order valence-corrected chi connectivity index (χ2v) is 6.41. The highest BCUT2D eigenvalue weighted by Crippen LogP contribution is 2.58. The zero-order valence-electron chi connectivity index (χ0n) is 12.4. The van der Waals surface area contributed by atoms with Crippen molar-refractivity contribution in [3.63, 3.8) is 0 Å². The molecule has 1 saturated heterocycles. The van der Waals surface area contributed by atoms with Gasteiger partial charge in [0.05, 0.1) is 5.69 Å². The Kier molecular flexibility index (Phi) is 3.22. The van der Waals surface area contributed by atoms with E-state index < -0.39 is 0 Å². The van der Waals surface area contributed by atoms with Crippen molar-refractivity contribution in [2.45, 2.75) is 19.3 Å². The van der Waals surface area contributed by atoms with Crippen LogP contribution in [0.25, 0.3) is 11.3 Å². The molecule has 1 aromatic carbocycles. The molecular weight excluding hydrogens is 276 g/mol. The van der Waals surface area contributed by atoms with E-state index in [1.165, 1.54) is 0 Å². The standard InChI is InChI=1S/C17H20N4O/c22-16(14-11-17(14)6-9-18-10-7-17)20-13-3-1-12(2-4-13)15-5-8-19-21-15/h1-5,8,14,18H,6-7,9-11H2,(H,19,21)(H,20,22). The average molecular weight is 296 g/mol. The molecule has 2 aromatic rings. The van der Waals surface area contributed by atoms with Crippen LogP contribution in [0.3, 0.4) is 0 Å². The Bertz CT molecular complexity index is 656. The predicted octanol–water partition coefficient (Wildman–Crippen LogP) is 2.40. The number of aromatic nitrogens is 2. The van der Waals surface area contributed by atoms with Gasteiger partial charge in [0.1, 0.15) is 0 Å². The maximum Gasteiger partial charge on any atom is 0.228 e. The van der Waals surface area contributed by atoms with Crippen LogP contribution >= 0.6 is 0 Å². The normalized spacial score (nSPS) is 22.5. The molecule has 1 atom stereocenters. The van der Waals surface area contributed by atoms with Crippen molar-refractivity contribution < 1.29 is 4.79 Å². The third kappa shape index (κ3) is 2.41. The minimum absolute atomic E-state index is 0.177. The summed E-state index contributed by atoms with van der Waals surface area (Å²) in [7, 11) is 0. The van der Waals surface area contributed by atoms with Gasteiger partial charge < -0.3 is 10.6 Å². The van der Waals surface area contributed by atoms with Crippen molar-refractivity contribution in [2.24, 2.45) is 11.3 Å². The van der Waals surface area contributed by atoms with E-state index in [-0.39, 0.29) is 17.2 Å².